The average molecular weight is 291 g/mol. The summed E-state index contributed by atoms with van der Waals surface area (Å²) < 4.78 is 5.33. The predicted molar refractivity (Wildman–Crippen MR) is 76.4 cm³/mol. The smallest absolute Gasteiger partial charge is 0.0644 e. The number of hydrogen-bond acceptors (Lipinski definition) is 1. The zero-order chi connectivity index (χ0) is 11.9. The summed E-state index contributed by atoms with van der Waals surface area (Å²) in [5, 5.41) is 1.16. The van der Waals surface area contributed by atoms with Crippen LogP contribution in [-0.2, 0) is 4.74 Å². The summed E-state index contributed by atoms with van der Waals surface area (Å²) in [6.45, 7) is 5.22. The van der Waals surface area contributed by atoms with Crippen molar-refractivity contribution in [3.8, 4) is 0 Å². The Morgan fingerprint density at radius 1 is 0.812 bits per heavy atom. The fraction of sp³-hybridized carbons (Fsp3) is 0.857. The Labute approximate surface area is 110 Å². The Morgan fingerprint density at radius 3 is 1.81 bits per heavy atom. The Balaban J connectivity index is 2.85. The zero-order valence-electron chi connectivity index (χ0n) is 10.6. The summed E-state index contributed by atoms with van der Waals surface area (Å²) in [5.41, 5.74) is 0. The van der Waals surface area contributed by atoms with Crippen molar-refractivity contribution in [3.05, 3.63) is 12.7 Å². The number of alkyl halides is 1. The SMILES string of the molecule is C=CCOCCCCCCCCCCCBr. The lowest BCUT2D eigenvalue weighted by Gasteiger charge is -2.02. The zero-order valence-corrected chi connectivity index (χ0v) is 12.1. The Kier molecular flexibility index (Phi) is 15.4. The van der Waals surface area contributed by atoms with Crippen molar-refractivity contribution in [1.29, 1.82) is 0 Å². The molecule has 0 aliphatic heterocycles. The molecule has 0 amide bonds. The molecule has 0 aliphatic rings. The molecule has 96 valence electrons. The molecule has 0 heterocycles. The van der Waals surface area contributed by atoms with Crippen LogP contribution in [0.25, 0.3) is 0 Å². The minimum Gasteiger partial charge on any atom is -0.377 e. The van der Waals surface area contributed by atoms with Gasteiger partial charge in [-0.05, 0) is 12.8 Å². The Bertz CT molecular complexity index is 137. The first-order chi connectivity index (χ1) is 7.91. The van der Waals surface area contributed by atoms with E-state index < -0.39 is 0 Å². The molecule has 0 N–H and O–H groups in total. The first kappa shape index (κ1) is 16.2. The van der Waals surface area contributed by atoms with E-state index in [9.17, 15) is 0 Å². The van der Waals surface area contributed by atoms with Gasteiger partial charge in [-0.25, -0.2) is 0 Å². The molecule has 2 heteroatoms. The minimum absolute atomic E-state index is 0.702. The van der Waals surface area contributed by atoms with Crippen molar-refractivity contribution in [2.45, 2.75) is 57.8 Å². The van der Waals surface area contributed by atoms with Gasteiger partial charge in [-0.2, -0.15) is 0 Å². The van der Waals surface area contributed by atoms with E-state index in [4.69, 9.17) is 4.74 Å². The second-order valence-electron chi connectivity index (χ2n) is 4.23. The van der Waals surface area contributed by atoms with Gasteiger partial charge in [0.1, 0.15) is 0 Å². The lowest BCUT2D eigenvalue weighted by molar-refractivity contribution is 0.157. The lowest BCUT2D eigenvalue weighted by atomic mass is 10.1. The van der Waals surface area contributed by atoms with Crippen LogP contribution in [0.5, 0.6) is 0 Å². The molecule has 0 rings (SSSR count). The van der Waals surface area contributed by atoms with Crippen molar-refractivity contribution in [1.82, 2.24) is 0 Å². The van der Waals surface area contributed by atoms with Gasteiger partial charge in [-0.3, -0.25) is 0 Å². The van der Waals surface area contributed by atoms with Crippen LogP contribution in [-0.4, -0.2) is 18.5 Å². The number of rotatable bonds is 13. The number of hydrogen-bond donors (Lipinski definition) is 0. The predicted octanol–water partition coefficient (Wildman–Crippen LogP) is 5.09. The van der Waals surface area contributed by atoms with Gasteiger partial charge in [0, 0.05) is 11.9 Å². The van der Waals surface area contributed by atoms with E-state index in [0.29, 0.717) is 6.61 Å². The average Bonchev–Trinajstić information content (AvgIpc) is 2.31. The molecule has 0 saturated heterocycles. The van der Waals surface area contributed by atoms with E-state index in [0.717, 1.165) is 11.9 Å². The maximum atomic E-state index is 5.33. The van der Waals surface area contributed by atoms with Gasteiger partial charge in [0.05, 0.1) is 6.61 Å². The maximum absolute atomic E-state index is 5.33. The fourth-order valence-corrected chi connectivity index (χ4v) is 2.10. The van der Waals surface area contributed by atoms with Crippen LogP contribution in [0, 0.1) is 0 Å². The molecule has 1 nitrogen and oxygen atoms in total. The molecule has 0 fully saturated rings. The van der Waals surface area contributed by atoms with Crippen molar-refractivity contribution in [3.63, 3.8) is 0 Å². The molecule has 0 aromatic rings. The Morgan fingerprint density at radius 2 is 1.31 bits per heavy atom. The molecular weight excluding hydrogens is 264 g/mol. The molecular formula is C14H27BrO. The molecule has 0 saturated carbocycles. The van der Waals surface area contributed by atoms with Crippen molar-refractivity contribution < 1.29 is 4.74 Å². The van der Waals surface area contributed by atoms with Crippen LogP contribution in [0.1, 0.15) is 57.8 Å². The quantitative estimate of drug-likeness (QED) is 0.261. The monoisotopic (exact) mass is 290 g/mol. The minimum atomic E-state index is 0.702. The summed E-state index contributed by atoms with van der Waals surface area (Å²) in [6.07, 6.45) is 14.1. The van der Waals surface area contributed by atoms with E-state index in [2.05, 4.69) is 22.5 Å². The van der Waals surface area contributed by atoms with E-state index in [1.165, 1.54) is 57.8 Å². The topological polar surface area (TPSA) is 9.23 Å². The highest BCUT2D eigenvalue weighted by Crippen LogP contribution is 2.10. The van der Waals surface area contributed by atoms with Crippen LogP contribution in [0.15, 0.2) is 12.7 Å². The highest BCUT2D eigenvalue weighted by atomic mass is 79.9. The van der Waals surface area contributed by atoms with Gasteiger partial charge in [0.2, 0.25) is 0 Å². The van der Waals surface area contributed by atoms with E-state index in [-0.39, 0.29) is 0 Å². The van der Waals surface area contributed by atoms with E-state index >= 15 is 0 Å². The summed E-state index contributed by atoms with van der Waals surface area (Å²) in [4.78, 5) is 0. The van der Waals surface area contributed by atoms with E-state index in [1.807, 2.05) is 6.08 Å². The normalized spacial score (nSPS) is 10.6. The molecule has 0 aliphatic carbocycles. The lowest BCUT2D eigenvalue weighted by Crippen LogP contribution is -1.93. The van der Waals surface area contributed by atoms with Crippen molar-refractivity contribution in [2.75, 3.05) is 18.5 Å². The fourth-order valence-electron chi connectivity index (χ4n) is 1.70. The van der Waals surface area contributed by atoms with Crippen LogP contribution in [0.2, 0.25) is 0 Å². The summed E-state index contributed by atoms with van der Waals surface area (Å²) in [5.74, 6) is 0. The third-order valence-electron chi connectivity index (χ3n) is 2.66. The molecule has 0 atom stereocenters. The molecule has 0 spiro atoms. The van der Waals surface area contributed by atoms with Crippen LogP contribution in [0.4, 0.5) is 0 Å². The number of ether oxygens (including phenoxy) is 1. The number of halogens is 1. The summed E-state index contributed by atoms with van der Waals surface area (Å²) >= 11 is 3.46. The van der Waals surface area contributed by atoms with Crippen molar-refractivity contribution >= 4 is 15.9 Å². The number of unbranched alkanes of at least 4 members (excludes halogenated alkanes) is 8. The first-order valence-electron chi connectivity index (χ1n) is 6.66. The first-order valence-corrected chi connectivity index (χ1v) is 7.78. The summed E-state index contributed by atoms with van der Waals surface area (Å²) in [6, 6.07) is 0. The second-order valence-corrected chi connectivity index (χ2v) is 5.03. The van der Waals surface area contributed by atoms with Crippen molar-refractivity contribution in [2.24, 2.45) is 0 Å². The molecule has 0 unspecified atom stereocenters. The maximum Gasteiger partial charge on any atom is 0.0644 e. The molecule has 0 aromatic heterocycles. The molecule has 16 heavy (non-hydrogen) atoms. The highest BCUT2D eigenvalue weighted by Gasteiger charge is 1.92. The third kappa shape index (κ3) is 14.2. The molecule has 0 aromatic carbocycles. The van der Waals surface area contributed by atoms with Gasteiger partial charge in [-0.15, -0.1) is 6.58 Å². The third-order valence-corrected chi connectivity index (χ3v) is 3.22. The van der Waals surface area contributed by atoms with Gasteiger partial charge < -0.3 is 4.74 Å². The van der Waals surface area contributed by atoms with Gasteiger partial charge in [-0.1, -0.05) is 67.0 Å². The van der Waals surface area contributed by atoms with Gasteiger partial charge in [0.25, 0.3) is 0 Å². The van der Waals surface area contributed by atoms with Gasteiger partial charge in [0.15, 0.2) is 0 Å². The largest absolute Gasteiger partial charge is 0.377 e. The molecule has 0 bridgehead atoms. The van der Waals surface area contributed by atoms with Crippen LogP contribution >= 0.6 is 15.9 Å². The second kappa shape index (κ2) is 15.2. The van der Waals surface area contributed by atoms with E-state index in [1.54, 1.807) is 0 Å². The molecule has 0 radical (unpaired) electrons. The van der Waals surface area contributed by atoms with Gasteiger partial charge >= 0.3 is 0 Å². The Hall–Kier alpha value is 0.180. The standard InChI is InChI=1S/C14H27BrO/c1-2-13-16-14-11-9-7-5-3-4-6-8-10-12-15/h2H,1,3-14H2. The highest BCUT2D eigenvalue weighted by molar-refractivity contribution is 9.09. The summed E-state index contributed by atoms with van der Waals surface area (Å²) in [7, 11) is 0. The van der Waals surface area contributed by atoms with Crippen LogP contribution in [0.3, 0.4) is 0 Å². The van der Waals surface area contributed by atoms with Crippen LogP contribution < -0.4 is 0 Å².